The van der Waals surface area contributed by atoms with Gasteiger partial charge >= 0.3 is 6.09 Å². The van der Waals surface area contributed by atoms with Gasteiger partial charge in [-0.25, -0.2) is 4.79 Å². The molecule has 11 heteroatoms. The van der Waals surface area contributed by atoms with Crippen molar-refractivity contribution in [3.63, 3.8) is 0 Å². The summed E-state index contributed by atoms with van der Waals surface area (Å²) in [5, 5.41) is 11.6. The Bertz CT molecular complexity index is 2510. The molecule has 0 saturated heterocycles. The molecule has 4 aromatic carbocycles. The zero-order valence-electron chi connectivity index (χ0n) is 32.1. The third kappa shape index (κ3) is 6.90. The van der Waals surface area contributed by atoms with Crippen molar-refractivity contribution in [2.24, 2.45) is 7.05 Å². The topological polar surface area (TPSA) is 100 Å². The number of carbonyl (C=O) groups is 3. The number of benzene rings is 4. The lowest BCUT2D eigenvalue weighted by Crippen LogP contribution is -2.43. The summed E-state index contributed by atoms with van der Waals surface area (Å²) >= 11 is 6.70. The average Bonchev–Trinajstić information content (AvgIpc) is 3.74. The lowest BCUT2D eigenvalue weighted by Gasteiger charge is -2.35. The van der Waals surface area contributed by atoms with Gasteiger partial charge < -0.3 is 28.8 Å². The fourth-order valence-corrected chi connectivity index (χ4v) is 8.09. The third-order valence-electron chi connectivity index (χ3n) is 10.7. The third-order valence-corrected chi connectivity index (χ3v) is 11.0. The Labute approximate surface area is 331 Å². The Morgan fingerprint density at radius 2 is 1.57 bits per heavy atom. The van der Waals surface area contributed by atoms with Crippen molar-refractivity contribution in [2.45, 2.75) is 65.4 Å². The van der Waals surface area contributed by atoms with Gasteiger partial charge in [0.2, 0.25) is 0 Å². The highest BCUT2D eigenvalue weighted by molar-refractivity contribution is 6.31. The van der Waals surface area contributed by atoms with Gasteiger partial charge in [0.1, 0.15) is 11.4 Å². The number of hydrogen-bond acceptors (Lipinski definition) is 5. The van der Waals surface area contributed by atoms with Gasteiger partial charge in [0, 0.05) is 77.3 Å². The molecule has 6 aromatic rings. The molecule has 1 N–H and O–H groups in total. The van der Waals surface area contributed by atoms with Crippen molar-refractivity contribution < 1.29 is 24.2 Å². The van der Waals surface area contributed by atoms with E-state index >= 15 is 4.79 Å². The molecule has 0 unspecified atom stereocenters. The van der Waals surface area contributed by atoms with E-state index in [4.69, 9.17) is 16.3 Å². The predicted octanol–water partition coefficient (Wildman–Crippen LogP) is 9.32. The standard InChI is InChI=1S/C45H44ClN5O5/c1-28-22-29-8-6-7-9-31(29)26-50(28)42(53)36-16-10-32(46)24-37(36)40-25-38(41-27-48(20-21-49(40)41)44(55)56-45(2,3)4)43(54)51(33-11-14-35(52)15-12-33)34-13-17-39-30(23-34)18-19-47(39)5/h6-19,23-25,28,52H,20-22,26-27H2,1-5H3/t28-/m1/s1. The number of rotatable bonds is 5. The highest BCUT2D eigenvalue weighted by Crippen LogP contribution is 2.38. The molecular formula is C45H44ClN5O5. The van der Waals surface area contributed by atoms with Gasteiger partial charge in [0.25, 0.3) is 11.8 Å². The second-order valence-electron chi connectivity index (χ2n) is 15.7. The maximum absolute atomic E-state index is 15.3. The van der Waals surface area contributed by atoms with E-state index in [2.05, 4.69) is 19.1 Å². The summed E-state index contributed by atoms with van der Waals surface area (Å²) < 4.78 is 9.83. The molecule has 10 nitrogen and oxygen atoms in total. The van der Waals surface area contributed by atoms with Crippen LogP contribution in [0, 0.1) is 0 Å². The van der Waals surface area contributed by atoms with Crippen LogP contribution in [-0.4, -0.2) is 60.1 Å². The Morgan fingerprint density at radius 3 is 2.32 bits per heavy atom. The van der Waals surface area contributed by atoms with Crippen LogP contribution in [0.2, 0.25) is 5.02 Å². The van der Waals surface area contributed by atoms with E-state index in [0.717, 1.165) is 22.9 Å². The number of fused-ring (bicyclic) bond motifs is 3. The van der Waals surface area contributed by atoms with Crippen LogP contribution >= 0.6 is 11.6 Å². The van der Waals surface area contributed by atoms with Crippen molar-refractivity contribution in [1.29, 1.82) is 0 Å². The Kier molecular flexibility index (Phi) is 9.40. The van der Waals surface area contributed by atoms with E-state index in [9.17, 15) is 14.7 Å². The molecular weight excluding hydrogens is 726 g/mol. The summed E-state index contributed by atoms with van der Waals surface area (Å²) in [6, 6.07) is 29.6. The van der Waals surface area contributed by atoms with E-state index in [1.165, 1.54) is 5.56 Å². The summed E-state index contributed by atoms with van der Waals surface area (Å²) in [6.07, 6.45) is 2.23. The molecule has 286 valence electrons. The Hall–Kier alpha value is -6.00. The summed E-state index contributed by atoms with van der Waals surface area (Å²) in [4.78, 5) is 48.6. The number of anilines is 2. The molecule has 3 amide bonds. The number of hydrogen-bond donors (Lipinski definition) is 1. The molecule has 0 aliphatic carbocycles. The monoisotopic (exact) mass is 769 g/mol. The lowest BCUT2D eigenvalue weighted by atomic mass is 9.93. The maximum Gasteiger partial charge on any atom is 0.410 e. The van der Waals surface area contributed by atoms with E-state index in [1.54, 1.807) is 52.3 Å². The smallest absolute Gasteiger partial charge is 0.410 e. The van der Waals surface area contributed by atoms with Crippen molar-refractivity contribution >= 4 is 51.8 Å². The summed E-state index contributed by atoms with van der Waals surface area (Å²) in [5.41, 5.74) is 6.49. The minimum atomic E-state index is -0.714. The Morgan fingerprint density at radius 1 is 0.839 bits per heavy atom. The molecule has 2 aliphatic heterocycles. The molecule has 56 heavy (non-hydrogen) atoms. The second-order valence-corrected chi connectivity index (χ2v) is 16.2. The van der Waals surface area contributed by atoms with Crippen molar-refractivity contribution in [1.82, 2.24) is 18.9 Å². The number of halogens is 1. The van der Waals surface area contributed by atoms with E-state index in [-0.39, 0.29) is 30.2 Å². The van der Waals surface area contributed by atoms with Crippen LogP contribution in [0.1, 0.15) is 65.2 Å². The number of aromatic nitrogens is 2. The van der Waals surface area contributed by atoms with Gasteiger partial charge in [-0.2, -0.15) is 0 Å². The molecule has 0 saturated carbocycles. The van der Waals surface area contributed by atoms with E-state index in [0.29, 0.717) is 64.1 Å². The molecule has 0 spiro atoms. The van der Waals surface area contributed by atoms with Gasteiger partial charge in [0.05, 0.1) is 23.5 Å². The maximum atomic E-state index is 15.3. The highest BCUT2D eigenvalue weighted by atomic mass is 35.5. The van der Waals surface area contributed by atoms with Gasteiger partial charge in [0.15, 0.2) is 0 Å². The van der Waals surface area contributed by atoms with Crippen molar-refractivity contribution in [3.8, 4) is 17.0 Å². The first-order valence-electron chi connectivity index (χ1n) is 18.8. The first kappa shape index (κ1) is 36.9. The van der Waals surface area contributed by atoms with Crippen LogP contribution in [0.4, 0.5) is 16.2 Å². The van der Waals surface area contributed by atoms with Gasteiger partial charge in [-0.15, -0.1) is 0 Å². The normalized spacial score (nSPS) is 15.4. The number of phenolic OH excluding ortho intramolecular Hbond substituents is 1. The summed E-state index contributed by atoms with van der Waals surface area (Å²) in [5.74, 6) is -0.404. The van der Waals surface area contributed by atoms with Crippen LogP contribution < -0.4 is 4.90 Å². The molecule has 0 bridgehead atoms. The first-order chi connectivity index (χ1) is 26.8. The molecule has 8 rings (SSSR count). The van der Waals surface area contributed by atoms with Crippen LogP contribution in [-0.2, 0) is 37.8 Å². The second kappa shape index (κ2) is 14.3. The largest absolute Gasteiger partial charge is 0.508 e. The van der Waals surface area contributed by atoms with E-state index in [1.807, 2.05) is 90.5 Å². The van der Waals surface area contributed by atoms with Crippen LogP contribution in [0.3, 0.4) is 0 Å². The molecule has 0 fully saturated rings. The van der Waals surface area contributed by atoms with Gasteiger partial charge in [-0.1, -0.05) is 35.9 Å². The highest BCUT2D eigenvalue weighted by Gasteiger charge is 2.35. The first-order valence-corrected chi connectivity index (χ1v) is 19.2. The van der Waals surface area contributed by atoms with Gasteiger partial charge in [-0.05, 0) is 118 Å². The minimum absolute atomic E-state index is 0.0393. The van der Waals surface area contributed by atoms with Gasteiger partial charge in [-0.3, -0.25) is 14.5 Å². The fraction of sp³-hybridized carbons (Fsp3) is 0.267. The predicted molar refractivity (Wildman–Crippen MR) is 218 cm³/mol. The lowest BCUT2D eigenvalue weighted by molar-refractivity contribution is 0.0198. The zero-order chi connectivity index (χ0) is 39.5. The zero-order valence-corrected chi connectivity index (χ0v) is 32.9. The summed E-state index contributed by atoms with van der Waals surface area (Å²) in [6.45, 7) is 8.78. The number of nitrogens with zero attached hydrogens (tertiary/aromatic N) is 5. The van der Waals surface area contributed by atoms with E-state index < -0.39 is 11.7 Å². The van der Waals surface area contributed by atoms with Crippen molar-refractivity contribution in [2.75, 3.05) is 11.4 Å². The number of aromatic hydroxyl groups is 1. The van der Waals surface area contributed by atoms with Crippen LogP contribution in [0.15, 0.2) is 103 Å². The average molecular weight is 770 g/mol. The number of amides is 3. The number of aryl methyl sites for hydroxylation is 1. The van der Waals surface area contributed by atoms with Crippen molar-refractivity contribution in [3.05, 3.63) is 136 Å². The number of phenols is 1. The molecule has 4 heterocycles. The molecule has 0 radical (unpaired) electrons. The molecule has 2 aromatic heterocycles. The van der Waals surface area contributed by atoms with Crippen LogP contribution in [0.25, 0.3) is 22.2 Å². The molecule has 2 aliphatic rings. The van der Waals surface area contributed by atoms with Crippen LogP contribution in [0.5, 0.6) is 5.75 Å². The SMILES string of the molecule is C[C@@H]1Cc2ccccc2CN1C(=O)c1ccc(Cl)cc1-c1cc(C(=O)N(c2ccc(O)cc2)c2ccc3c(ccn3C)c2)c2n1CCN(C(=O)OC(C)(C)C)C2. The Balaban J connectivity index is 1.27. The minimum Gasteiger partial charge on any atom is -0.508 e. The molecule has 1 atom stereocenters. The number of carbonyl (C=O) groups excluding carboxylic acids is 3. The number of ether oxygens (including phenoxy) is 1. The quantitative estimate of drug-likeness (QED) is 0.189. The summed E-state index contributed by atoms with van der Waals surface area (Å²) in [7, 11) is 1.97. The fourth-order valence-electron chi connectivity index (χ4n) is 7.92.